The lowest BCUT2D eigenvalue weighted by Crippen LogP contribution is -2.43. The Morgan fingerprint density at radius 3 is 2.38 bits per heavy atom. The fraction of sp³-hybridized carbons (Fsp3) is 0.562. The summed E-state index contributed by atoms with van der Waals surface area (Å²) in [6.45, 7) is 14.3. The number of amides is 2. The number of carbonyl (C=O) groups excluding carboxylic acids is 2. The van der Waals surface area contributed by atoms with Crippen molar-refractivity contribution in [2.75, 3.05) is 29.5 Å². The minimum Gasteiger partial charge on any atom is -0.417 e. The van der Waals surface area contributed by atoms with Gasteiger partial charge in [0.05, 0.1) is 27.4 Å². The summed E-state index contributed by atoms with van der Waals surface area (Å²) in [4.78, 5) is 30.9. The molecule has 0 unspecified atom stereocenters. The zero-order chi connectivity index (χ0) is 28.9. The van der Waals surface area contributed by atoms with Crippen LogP contribution in [0.1, 0.15) is 81.6 Å². The molecule has 1 aliphatic carbocycles. The van der Waals surface area contributed by atoms with E-state index in [0.29, 0.717) is 11.6 Å². The van der Waals surface area contributed by atoms with Crippen LogP contribution >= 0.6 is 11.6 Å². The molecule has 6 nitrogen and oxygen atoms in total. The summed E-state index contributed by atoms with van der Waals surface area (Å²) in [5.74, 6) is -0.0150. The summed E-state index contributed by atoms with van der Waals surface area (Å²) < 4.78 is 6.55. The van der Waals surface area contributed by atoms with E-state index in [4.69, 9.17) is 21.8 Å². The molecule has 5 rings (SSSR count). The molecule has 1 saturated heterocycles. The van der Waals surface area contributed by atoms with E-state index in [1.54, 1.807) is 23.1 Å². The highest BCUT2D eigenvalue weighted by molar-refractivity contribution is 6.74. The molecular weight excluding hydrogens is 538 g/mol. The number of piperidine rings is 1. The van der Waals surface area contributed by atoms with Gasteiger partial charge in [-0.3, -0.25) is 14.5 Å². The summed E-state index contributed by atoms with van der Waals surface area (Å²) in [5.41, 5.74) is 8.93. The molecule has 0 radical (unpaired) electrons. The van der Waals surface area contributed by atoms with Crippen molar-refractivity contribution in [1.82, 2.24) is 0 Å². The molecule has 1 spiro atoms. The van der Waals surface area contributed by atoms with Crippen LogP contribution < -0.4 is 15.5 Å². The number of carbonyl (C=O) groups is 2. The molecule has 2 heterocycles. The Balaban J connectivity index is 1.41. The number of nitrogens with two attached hydrogens (primary N) is 1. The molecule has 2 fully saturated rings. The van der Waals surface area contributed by atoms with E-state index in [0.717, 1.165) is 75.9 Å². The summed E-state index contributed by atoms with van der Waals surface area (Å²) in [6, 6.07) is 11.6. The maximum atomic E-state index is 14.3. The van der Waals surface area contributed by atoms with Crippen molar-refractivity contribution < 1.29 is 14.0 Å². The van der Waals surface area contributed by atoms with Gasteiger partial charge >= 0.3 is 0 Å². The average Bonchev–Trinajstić information content (AvgIpc) is 3.14. The molecule has 2 amide bonds. The highest BCUT2D eigenvalue weighted by atomic mass is 35.5. The molecule has 0 aromatic heterocycles. The lowest BCUT2D eigenvalue weighted by atomic mass is 9.70. The fourth-order valence-corrected chi connectivity index (χ4v) is 7.81. The standard InChI is InChI=1S/C32H44ClN3O3Si/c1-31(2,3)40(4,5)39-21-22-14-18-35(19-15-22)23-12-13-26-24(20-23)32(16-7-6-8-17-32)30(38)36(26)27-11-9-10-25(33)28(27)29(34)37/h9-13,20,22H,6-8,14-19,21H2,1-5H3,(H2,34,37). The normalized spacial score (nSPS) is 19.8. The Kier molecular flexibility index (Phi) is 7.87. The first-order valence-electron chi connectivity index (χ1n) is 14.8. The van der Waals surface area contributed by atoms with Gasteiger partial charge in [-0.05, 0) is 85.6 Å². The van der Waals surface area contributed by atoms with Crippen LogP contribution in [0.25, 0.3) is 0 Å². The van der Waals surface area contributed by atoms with Gasteiger partial charge in [0.1, 0.15) is 0 Å². The van der Waals surface area contributed by atoms with Crippen LogP contribution in [-0.2, 0) is 14.6 Å². The quantitative estimate of drug-likeness (QED) is 0.357. The fourth-order valence-electron chi connectivity index (χ4n) is 6.46. The van der Waals surface area contributed by atoms with E-state index in [-0.39, 0.29) is 21.5 Å². The third kappa shape index (κ3) is 5.09. The highest BCUT2D eigenvalue weighted by Gasteiger charge is 2.52. The van der Waals surface area contributed by atoms with E-state index >= 15 is 0 Å². The molecule has 1 saturated carbocycles. The first-order chi connectivity index (χ1) is 18.9. The first-order valence-corrected chi connectivity index (χ1v) is 18.1. The number of hydrogen-bond donors (Lipinski definition) is 1. The number of hydrogen-bond acceptors (Lipinski definition) is 4. The van der Waals surface area contributed by atoms with Crippen LogP contribution in [0.4, 0.5) is 17.1 Å². The zero-order valence-electron chi connectivity index (χ0n) is 24.7. The number of rotatable bonds is 6. The van der Waals surface area contributed by atoms with Gasteiger partial charge in [-0.2, -0.15) is 0 Å². The average molecular weight is 582 g/mol. The van der Waals surface area contributed by atoms with E-state index in [1.807, 2.05) is 0 Å². The monoisotopic (exact) mass is 581 g/mol. The third-order valence-electron chi connectivity index (χ3n) is 10.0. The van der Waals surface area contributed by atoms with Gasteiger partial charge in [0.25, 0.3) is 5.91 Å². The Hall–Kier alpha value is -2.35. The second-order valence-electron chi connectivity index (χ2n) is 13.5. The van der Waals surface area contributed by atoms with Crippen molar-refractivity contribution >= 4 is 48.8 Å². The molecule has 0 bridgehead atoms. The van der Waals surface area contributed by atoms with E-state index in [9.17, 15) is 9.59 Å². The van der Waals surface area contributed by atoms with E-state index in [2.05, 4.69) is 57.0 Å². The molecular formula is C32H44ClN3O3Si. The first kappa shape index (κ1) is 29.1. The smallest absolute Gasteiger partial charge is 0.252 e. The maximum Gasteiger partial charge on any atom is 0.252 e. The molecule has 2 N–H and O–H groups in total. The van der Waals surface area contributed by atoms with Gasteiger partial charge in [-0.25, -0.2) is 0 Å². The molecule has 8 heteroatoms. The summed E-state index contributed by atoms with van der Waals surface area (Å²) in [7, 11) is -1.75. The molecule has 3 aliphatic rings. The van der Waals surface area contributed by atoms with Crippen molar-refractivity contribution in [3.8, 4) is 0 Å². The molecule has 2 aromatic rings. The SMILES string of the molecule is CC(C)(C)[Si](C)(C)OCC1CCN(c2ccc3c(c2)C2(CCCCC2)C(=O)N3c2cccc(Cl)c2C(N)=O)CC1. The van der Waals surface area contributed by atoms with Crippen molar-refractivity contribution in [3.63, 3.8) is 0 Å². The van der Waals surface area contributed by atoms with Crippen LogP contribution in [0.5, 0.6) is 0 Å². The Morgan fingerprint density at radius 1 is 1.07 bits per heavy atom. The predicted octanol–water partition coefficient (Wildman–Crippen LogP) is 7.56. The van der Waals surface area contributed by atoms with Crippen LogP contribution in [0.2, 0.25) is 23.2 Å². The number of halogens is 1. The van der Waals surface area contributed by atoms with Crippen LogP contribution in [0, 0.1) is 5.92 Å². The van der Waals surface area contributed by atoms with Crippen molar-refractivity contribution in [2.45, 2.75) is 89.3 Å². The largest absolute Gasteiger partial charge is 0.417 e. The molecule has 0 atom stereocenters. The zero-order valence-corrected chi connectivity index (χ0v) is 26.4. The number of fused-ring (bicyclic) bond motifs is 2. The summed E-state index contributed by atoms with van der Waals surface area (Å²) in [6.07, 6.45) is 7.01. The second-order valence-corrected chi connectivity index (χ2v) is 18.7. The topological polar surface area (TPSA) is 75.9 Å². The number of benzene rings is 2. The lowest BCUT2D eigenvalue weighted by molar-refractivity contribution is -0.123. The van der Waals surface area contributed by atoms with Gasteiger partial charge in [0.15, 0.2) is 8.32 Å². The van der Waals surface area contributed by atoms with Crippen molar-refractivity contribution in [3.05, 3.63) is 52.5 Å². The lowest BCUT2D eigenvalue weighted by Gasteiger charge is -2.39. The third-order valence-corrected chi connectivity index (χ3v) is 14.8. The maximum absolute atomic E-state index is 14.3. The van der Waals surface area contributed by atoms with Gasteiger partial charge < -0.3 is 15.1 Å². The Morgan fingerprint density at radius 2 is 1.75 bits per heavy atom. The molecule has 2 aliphatic heterocycles. The second kappa shape index (κ2) is 10.8. The molecule has 2 aromatic carbocycles. The number of nitrogens with zero attached hydrogens (tertiary/aromatic N) is 2. The van der Waals surface area contributed by atoms with Gasteiger partial charge in [-0.15, -0.1) is 0 Å². The predicted molar refractivity (Wildman–Crippen MR) is 166 cm³/mol. The van der Waals surface area contributed by atoms with Gasteiger partial charge in [-0.1, -0.05) is 57.7 Å². The van der Waals surface area contributed by atoms with E-state index in [1.165, 1.54) is 5.69 Å². The van der Waals surface area contributed by atoms with Crippen molar-refractivity contribution in [2.24, 2.45) is 11.7 Å². The molecule has 40 heavy (non-hydrogen) atoms. The summed E-state index contributed by atoms with van der Waals surface area (Å²) in [5, 5.41) is 0.489. The number of anilines is 3. The van der Waals surface area contributed by atoms with Gasteiger partial charge in [0.2, 0.25) is 5.91 Å². The number of primary amides is 1. The van der Waals surface area contributed by atoms with Crippen LogP contribution in [0.3, 0.4) is 0 Å². The molecule has 216 valence electrons. The minimum absolute atomic E-state index is 0.0330. The highest BCUT2D eigenvalue weighted by Crippen LogP contribution is 2.54. The van der Waals surface area contributed by atoms with Gasteiger partial charge in [0, 0.05) is 25.4 Å². The van der Waals surface area contributed by atoms with E-state index < -0.39 is 19.6 Å². The van der Waals surface area contributed by atoms with Crippen LogP contribution in [0.15, 0.2) is 36.4 Å². The van der Waals surface area contributed by atoms with Crippen molar-refractivity contribution in [1.29, 1.82) is 0 Å². The Labute approximate surface area is 245 Å². The minimum atomic E-state index is -1.75. The summed E-state index contributed by atoms with van der Waals surface area (Å²) >= 11 is 6.41. The Bertz CT molecular complexity index is 1290. The van der Waals surface area contributed by atoms with Crippen LogP contribution in [-0.4, -0.2) is 39.8 Å².